The average Bonchev–Trinajstić information content (AvgIpc) is 2.71. The summed E-state index contributed by atoms with van der Waals surface area (Å²) in [4.78, 5) is 0. The summed E-state index contributed by atoms with van der Waals surface area (Å²) >= 11 is 0. The van der Waals surface area contributed by atoms with Gasteiger partial charge in [0, 0.05) is 0 Å². The van der Waals surface area contributed by atoms with E-state index in [1.54, 1.807) is 6.07 Å². The van der Waals surface area contributed by atoms with E-state index < -0.39 is 17.2 Å². The molecule has 0 N–H and O–H groups in total. The van der Waals surface area contributed by atoms with Crippen LogP contribution in [0.25, 0.3) is 0 Å². The zero-order valence-electron chi connectivity index (χ0n) is 17.4. The van der Waals surface area contributed by atoms with Crippen LogP contribution in [0.15, 0.2) is 12.1 Å². The van der Waals surface area contributed by atoms with Gasteiger partial charge in [0.15, 0.2) is 0 Å². The van der Waals surface area contributed by atoms with E-state index >= 15 is 0 Å². The van der Waals surface area contributed by atoms with Crippen molar-refractivity contribution in [2.45, 2.75) is 96.3 Å². The minimum Gasteiger partial charge on any atom is -0.205 e. The van der Waals surface area contributed by atoms with Crippen molar-refractivity contribution in [3.8, 4) is 6.07 Å². The smallest absolute Gasteiger partial charge is 0.144 e. The highest BCUT2D eigenvalue weighted by molar-refractivity contribution is 5.36. The SMILES string of the molecule is CCCC[C@H]1CC[C@H](CC[C@H]2CC[C@H](c3cc(F)c(C#N)c(F)c3)CC2)CC1. The highest BCUT2D eigenvalue weighted by atomic mass is 19.1. The molecule has 1 nitrogen and oxygen atoms in total. The second kappa shape index (κ2) is 10.4. The zero-order chi connectivity index (χ0) is 19.9. The fraction of sp³-hybridized carbons (Fsp3) is 0.720. The maximum atomic E-state index is 13.9. The minimum absolute atomic E-state index is 0.238. The van der Waals surface area contributed by atoms with E-state index in [1.165, 1.54) is 82.8 Å². The van der Waals surface area contributed by atoms with Crippen molar-refractivity contribution < 1.29 is 8.78 Å². The molecule has 0 radical (unpaired) electrons. The summed E-state index contributed by atoms with van der Waals surface area (Å²) in [7, 11) is 0. The van der Waals surface area contributed by atoms with Crippen molar-refractivity contribution >= 4 is 0 Å². The summed E-state index contributed by atoms with van der Waals surface area (Å²) in [6.45, 7) is 2.29. The standard InChI is InChI=1S/C25H35F2N/c1-2-3-4-18-5-7-19(8-6-18)9-10-20-11-13-21(14-12-20)22-15-24(26)23(17-28)25(27)16-22/h15-16,18-21H,2-14H2,1H3/t18-,19-,20-,21-. The third-order valence-corrected chi connectivity index (χ3v) is 7.41. The number of nitrogens with zero attached hydrogens (tertiary/aromatic N) is 1. The molecule has 0 bridgehead atoms. The molecule has 28 heavy (non-hydrogen) atoms. The molecule has 3 rings (SSSR count). The van der Waals surface area contributed by atoms with E-state index in [4.69, 9.17) is 5.26 Å². The number of unbranched alkanes of at least 4 members (excludes halogenated alkanes) is 1. The van der Waals surface area contributed by atoms with Crippen LogP contribution in [-0.2, 0) is 0 Å². The van der Waals surface area contributed by atoms with Crippen LogP contribution >= 0.6 is 0 Å². The maximum Gasteiger partial charge on any atom is 0.144 e. The average molecular weight is 388 g/mol. The second-order valence-corrected chi connectivity index (χ2v) is 9.30. The molecule has 2 aliphatic rings. The molecule has 0 aliphatic heterocycles. The lowest BCUT2D eigenvalue weighted by atomic mass is 9.74. The maximum absolute atomic E-state index is 13.9. The zero-order valence-corrected chi connectivity index (χ0v) is 17.4. The van der Waals surface area contributed by atoms with Crippen molar-refractivity contribution in [3.05, 3.63) is 34.9 Å². The summed E-state index contributed by atoms with van der Waals surface area (Å²) in [6, 6.07) is 4.37. The molecule has 1 aromatic carbocycles. The van der Waals surface area contributed by atoms with Crippen molar-refractivity contribution in [2.75, 3.05) is 0 Å². The molecule has 0 amide bonds. The number of nitriles is 1. The molecular weight excluding hydrogens is 352 g/mol. The van der Waals surface area contributed by atoms with Crippen LogP contribution in [0.5, 0.6) is 0 Å². The third-order valence-electron chi connectivity index (χ3n) is 7.41. The molecule has 2 fully saturated rings. The summed E-state index contributed by atoms with van der Waals surface area (Å²) < 4.78 is 27.8. The Morgan fingerprint density at radius 1 is 0.821 bits per heavy atom. The molecular formula is C25H35F2N. The van der Waals surface area contributed by atoms with Crippen LogP contribution in [-0.4, -0.2) is 0 Å². The Kier molecular flexibility index (Phi) is 7.89. The van der Waals surface area contributed by atoms with E-state index in [-0.39, 0.29) is 5.92 Å². The van der Waals surface area contributed by atoms with E-state index in [9.17, 15) is 8.78 Å². The lowest BCUT2D eigenvalue weighted by molar-refractivity contribution is 0.222. The van der Waals surface area contributed by atoms with Gasteiger partial charge in [0.25, 0.3) is 0 Å². The third kappa shape index (κ3) is 5.56. The molecule has 2 aliphatic carbocycles. The minimum atomic E-state index is -0.714. The lowest BCUT2D eigenvalue weighted by Crippen LogP contribution is -2.18. The van der Waals surface area contributed by atoms with Gasteiger partial charge in [-0.2, -0.15) is 5.26 Å². The largest absolute Gasteiger partial charge is 0.205 e. The van der Waals surface area contributed by atoms with E-state index in [1.807, 2.05) is 0 Å². The number of hydrogen-bond acceptors (Lipinski definition) is 1. The number of benzene rings is 1. The Morgan fingerprint density at radius 2 is 1.29 bits per heavy atom. The highest BCUT2D eigenvalue weighted by Gasteiger charge is 2.26. The molecule has 0 saturated heterocycles. The topological polar surface area (TPSA) is 23.8 Å². The quantitative estimate of drug-likeness (QED) is 0.466. The van der Waals surface area contributed by atoms with Crippen molar-refractivity contribution in [2.24, 2.45) is 17.8 Å². The van der Waals surface area contributed by atoms with Gasteiger partial charge in [-0.3, -0.25) is 0 Å². The highest BCUT2D eigenvalue weighted by Crippen LogP contribution is 2.40. The van der Waals surface area contributed by atoms with E-state index in [0.717, 1.165) is 36.2 Å². The Morgan fingerprint density at radius 3 is 1.75 bits per heavy atom. The Bertz CT molecular complexity index is 639. The first-order chi connectivity index (χ1) is 13.6. The molecule has 0 spiro atoms. The molecule has 1 aromatic rings. The molecule has 0 unspecified atom stereocenters. The van der Waals surface area contributed by atoms with Crippen LogP contribution in [0.2, 0.25) is 0 Å². The fourth-order valence-corrected chi connectivity index (χ4v) is 5.49. The molecule has 2 saturated carbocycles. The van der Waals surface area contributed by atoms with Gasteiger partial charge >= 0.3 is 0 Å². The van der Waals surface area contributed by atoms with Gasteiger partial charge in [-0.25, -0.2) is 8.78 Å². The predicted molar refractivity (Wildman–Crippen MR) is 110 cm³/mol. The first-order valence-corrected chi connectivity index (χ1v) is 11.5. The predicted octanol–water partition coefficient (Wildman–Crippen LogP) is 7.89. The van der Waals surface area contributed by atoms with Crippen LogP contribution in [0.4, 0.5) is 8.78 Å². The van der Waals surface area contributed by atoms with Gasteiger partial charge < -0.3 is 0 Å². The lowest BCUT2D eigenvalue weighted by Gasteiger charge is -2.32. The second-order valence-electron chi connectivity index (χ2n) is 9.30. The molecule has 3 heteroatoms. The summed E-state index contributed by atoms with van der Waals surface area (Å²) in [5.41, 5.74) is 0.278. The number of hydrogen-bond donors (Lipinski definition) is 0. The van der Waals surface area contributed by atoms with E-state index in [0.29, 0.717) is 0 Å². The first-order valence-electron chi connectivity index (χ1n) is 11.5. The van der Waals surface area contributed by atoms with Gasteiger partial charge in [0.05, 0.1) is 0 Å². The Balaban J connectivity index is 1.40. The van der Waals surface area contributed by atoms with Gasteiger partial charge in [-0.15, -0.1) is 0 Å². The summed E-state index contributed by atoms with van der Waals surface area (Å²) in [5, 5.41) is 8.82. The molecule has 0 atom stereocenters. The summed E-state index contributed by atoms with van der Waals surface area (Å²) in [5.74, 6) is 1.50. The Hall–Kier alpha value is -1.43. The number of rotatable bonds is 7. The van der Waals surface area contributed by atoms with Crippen molar-refractivity contribution in [1.29, 1.82) is 5.26 Å². The normalized spacial score (nSPS) is 28.1. The van der Waals surface area contributed by atoms with Crippen LogP contribution in [0, 0.1) is 40.7 Å². The monoisotopic (exact) mass is 387 g/mol. The van der Waals surface area contributed by atoms with Gasteiger partial charge in [0.2, 0.25) is 0 Å². The first kappa shape index (κ1) is 21.3. The number of halogens is 2. The summed E-state index contributed by atoms with van der Waals surface area (Å²) in [6.07, 6.45) is 16.9. The van der Waals surface area contributed by atoms with Crippen LogP contribution in [0.3, 0.4) is 0 Å². The molecule has 0 heterocycles. The van der Waals surface area contributed by atoms with Gasteiger partial charge in [-0.1, -0.05) is 64.7 Å². The van der Waals surface area contributed by atoms with E-state index in [2.05, 4.69) is 6.92 Å². The van der Waals surface area contributed by atoms with Gasteiger partial charge in [0.1, 0.15) is 23.3 Å². The Labute approximate surface area is 169 Å². The van der Waals surface area contributed by atoms with Crippen LogP contribution < -0.4 is 0 Å². The van der Waals surface area contributed by atoms with Crippen molar-refractivity contribution in [1.82, 2.24) is 0 Å². The van der Waals surface area contributed by atoms with Gasteiger partial charge in [-0.05, 0) is 67.1 Å². The van der Waals surface area contributed by atoms with Crippen molar-refractivity contribution in [3.63, 3.8) is 0 Å². The van der Waals surface area contributed by atoms with Crippen LogP contribution in [0.1, 0.15) is 107 Å². The fourth-order valence-electron chi connectivity index (χ4n) is 5.49. The molecule has 0 aromatic heterocycles. The molecule has 154 valence electrons.